The van der Waals surface area contributed by atoms with Crippen LogP contribution < -0.4 is 5.32 Å². The zero-order chi connectivity index (χ0) is 20.9. The Morgan fingerprint density at radius 2 is 1.79 bits per heavy atom. The minimum atomic E-state index is -0.621. The second-order valence-electron chi connectivity index (χ2n) is 7.70. The van der Waals surface area contributed by atoms with Gasteiger partial charge in [0.25, 0.3) is 0 Å². The summed E-state index contributed by atoms with van der Waals surface area (Å²) in [6.07, 6.45) is 3.53. The van der Waals surface area contributed by atoms with E-state index in [0.717, 1.165) is 11.1 Å². The average molecular weight is 383 g/mol. The Balaban J connectivity index is 0.00000136. The number of aromatic nitrogens is 1. The van der Waals surface area contributed by atoms with Gasteiger partial charge >= 0.3 is 6.09 Å². The van der Waals surface area contributed by atoms with Gasteiger partial charge < -0.3 is 4.74 Å². The van der Waals surface area contributed by atoms with Gasteiger partial charge in [-0.05, 0) is 56.7 Å². The van der Waals surface area contributed by atoms with E-state index in [-0.39, 0.29) is 11.5 Å². The number of rotatable bonds is 4. The second-order valence-corrected chi connectivity index (χ2v) is 7.70. The Hall–Kier alpha value is -2.69. The Morgan fingerprint density at radius 1 is 1.11 bits per heavy atom. The van der Waals surface area contributed by atoms with Crippen molar-refractivity contribution in [2.24, 2.45) is 0 Å². The number of amides is 1. The predicted molar refractivity (Wildman–Crippen MR) is 113 cm³/mol. The third-order valence-electron chi connectivity index (χ3n) is 4.13. The fraction of sp³-hybridized carbons (Fsp3) is 0.435. The van der Waals surface area contributed by atoms with Crippen LogP contribution in [0.5, 0.6) is 0 Å². The third-order valence-corrected chi connectivity index (χ3v) is 4.13. The highest BCUT2D eigenvalue weighted by Crippen LogP contribution is 2.41. The Morgan fingerprint density at radius 3 is 2.36 bits per heavy atom. The van der Waals surface area contributed by atoms with Crippen LogP contribution >= 0.6 is 0 Å². The molecule has 150 valence electrons. The Bertz CT molecular complexity index is 849. The molecular formula is C23H30N2O3. The van der Waals surface area contributed by atoms with Crippen LogP contribution in [0.1, 0.15) is 76.4 Å². The van der Waals surface area contributed by atoms with Gasteiger partial charge in [-0.3, -0.25) is 15.1 Å². The lowest BCUT2D eigenvalue weighted by atomic mass is 10.0. The SMILES string of the molecule is CC.CC(=O)c1ncc(-c2cccc(C3CC3)c2)cc1NC(=O)OC(C)(C)C. The Labute approximate surface area is 167 Å². The minimum absolute atomic E-state index is 0.214. The van der Waals surface area contributed by atoms with Crippen molar-refractivity contribution in [3.8, 4) is 11.1 Å². The number of Topliss-reactive ketones (excluding diaryl/α,β-unsaturated/α-hetero) is 1. The van der Waals surface area contributed by atoms with Crippen molar-refractivity contribution in [2.75, 3.05) is 5.32 Å². The highest BCUT2D eigenvalue weighted by Gasteiger charge is 2.24. The van der Waals surface area contributed by atoms with Crippen LogP contribution in [0.4, 0.5) is 10.5 Å². The van der Waals surface area contributed by atoms with Gasteiger partial charge in [0.05, 0.1) is 5.69 Å². The van der Waals surface area contributed by atoms with Crippen LogP contribution in [0.3, 0.4) is 0 Å². The molecule has 1 N–H and O–H groups in total. The third kappa shape index (κ3) is 5.91. The number of nitrogens with one attached hydrogen (secondary N) is 1. The number of carbonyl (C=O) groups is 2. The fourth-order valence-corrected chi connectivity index (χ4v) is 2.80. The monoisotopic (exact) mass is 382 g/mol. The van der Waals surface area contributed by atoms with Crippen LogP contribution in [-0.4, -0.2) is 22.5 Å². The highest BCUT2D eigenvalue weighted by molar-refractivity contribution is 6.01. The summed E-state index contributed by atoms with van der Waals surface area (Å²) in [5.74, 6) is 0.438. The number of hydrogen-bond acceptors (Lipinski definition) is 4. The molecule has 1 aliphatic rings. The van der Waals surface area contributed by atoms with E-state index in [1.807, 2.05) is 26.0 Å². The number of ketones is 1. The van der Waals surface area contributed by atoms with Crippen LogP contribution in [0.2, 0.25) is 0 Å². The molecule has 3 rings (SSSR count). The minimum Gasteiger partial charge on any atom is -0.444 e. The number of hydrogen-bond donors (Lipinski definition) is 1. The summed E-state index contributed by atoms with van der Waals surface area (Å²) >= 11 is 0. The zero-order valence-corrected chi connectivity index (χ0v) is 17.6. The molecule has 28 heavy (non-hydrogen) atoms. The van der Waals surface area contributed by atoms with E-state index in [1.54, 1.807) is 33.0 Å². The van der Waals surface area contributed by atoms with Gasteiger partial charge in [-0.2, -0.15) is 0 Å². The van der Waals surface area contributed by atoms with Crippen molar-refractivity contribution in [2.45, 2.75) is 65.9 Å². The van der Waals surface area contributed by atoms with Gasteiger partial charge in [0.15, 0.2) is 5.78 Å². The van der Waals surface area contributed by atoms with Crippen LogP contribution in [0.25, 0.3) is 11.1 Å². The first-order valence-corrected chi connectivity index (χ1v) is 9.84. The van der Waals surface area contributed by atoms with Crippen LogP contribution in [0.15, 0.2) is 36.5 Å². The molecule has 0 bridgehead atoms. The Kier molecular flexibility index (Phi) is 6.95. The van der Waals surface area contributed by atoms with Gasteiger partial charge in [-0.15, -0.1) is 0 Å². The molecule has 2 aromatic rings. The second kappa shape index (κ2) is 9.00. The summed E-state index contributed by atoms with van der Waals surface area (Å²) < 4.78 is 5.29. The van der Waals surface area contributed by atoms with Crippen molar-refractivity contribution in [1.29, 1.82) is 0 Å². The predicted octanol–water partition coefficient (Wildman–Crippen LogP) is 6.20. The molecule has 1 aliphatic carbocycles. The molecule has 1 aromatic carbocycles. The van der Waals surface area contributed by atoms with Gasteiger partial charge in [0, 0.05) is 18.7 Å². The van der Waals surface area contributed by atoms with Crippen LogP contribution in [-0.2, 0) is 4.74 Å². The van der Waals surface area contributed by atoms with E-state index in [0.29, 0.717) is 11.6 Å². The lowest BCUT2D eigenvalue weighted by Gasteiger charge is -2.20. The highest BCUT2D eigenvalue weighted by atomic mass is 16.6. The van der Waals surface area contributed by atoms with E-state index < -0.39 is 11.7 Å². The molecule has 1 fully saturated rings. The first kappa shape index (κ1) is 21.6. The molecule has 5 heteroatoms. The van der Waals surface area contributed by atoms with E-state index in [9.17, 15) is 9.59 Å². The number of pyridine rings is 1. The lowest BCUT2D eigenvalue weighted by molar-refractivity contribution is 0.0636. The van der Waals surface area contributed by atoms with E-state index in [4.69, 9.17) is 4.74 Å². The molecule has 1 saturated carbocycles. The van der Waals surface area contributed by atoms with Crippen molar-refractivity contribution in [3.63, 3.8) is 0 Å². The van der Waals surface area contributed by atoms with Gasteiger partial charge in [-0.25, -0.2) is 4.79 Å². The molecule has 0 atom stereocenters. The topological polar surface area (TPSA) is 68.3 Å². The molecule has 1 amide bonds. The molecule has 0 aliphatic heterocycles. The molecule has 0 unspecified atom stereocenters. The number of carbonyl (C=O) groups excluding carboxylic acids is 2. The van der Waals surface area contributed by atoms with Crippen molar-refractivity contribution < 1.29 is 14.3 Å². The summed E-state index contributed by atoms with van der Waals surface area (Å²) in [7, 11) is 0. The van der Waals surface area contributed by atoms with Crippen molar-refractivity contribution in [3.05, 3.63) is 47.8 Å². The van der Waals surface area contributed by atoms with E-state index >= 15 is 0 Å². The van der Waals surface area contributed by atoms with Crippen LogP contribution in [0, 0.1) is 0 Å². The average Bonchev–Trinajstić information content (AvgIpc) is 3.47. The molecule has 0 spiro atoms. The summed E-state index contributed by atoms with van der Waals surface area (Å²) in [5, 5.41) is 2.66. The quantitative estimate of drug-likeness (QED) is 0.639. The van der Waals surface area contributed by atoms with Gasteiger partial charge in [-0.1, -0.05) is 38.1 Å². The smallest absolute Gasteiger partial charge is 0.412 e. The number of nitrogens with zero attached hydrogens (tertiary/aromatic N) is 1. The van der Waals surface area contributed by atoms with Gasteiger partial charge in [0.2, 0.25) is 0 Å². The largest absolute Gasteiger partial charge is 0.444 e. The molecule has 1 heterocycles. The zero-order valence-electron chi connectivity index (χ0n) is 17.6. The maximum absolute atomic E-state index is 12.1. The standard InChI is InChI=1S/C21H24N2O3.C2H6/c1-13(24)19-18(23-20(25)26-21(2,3)4)11-17(12-22-19)16-7-5-6-15(10-16)14-8-9-14;1-2/h5-7,10-12,14H,8-9H2,1-4H3,(H,23,25);1-2H3. The van der Waals surface area contributed by atoms with Crippen molar-refractivity contribution >= 4 is 17.6 Å². The summed E-state index contributed by atoms with van der Waals surface area (Å²) in [5.41, 5.74) is 3.15. The molecule has 5 nitrogen and oxygen atoms in total. The normalized spacial score (nSPS) is 13.2. The maximum Gasteiger partial charge on any atom is 0.412 e. The molecule has 0 radical (unpaired) electrons. The van der Waals surface area contributed by atoms with Crippen molar-refractivity contribution in [1.82, 2.24) is 4.98 Å². The summed E-state index contributed by atoms with van der Waals surface area (Å²) in [6, 6.07) is 10.1. The van der Waals surface area contributed by atoms with Gasteiger partial charge in [0.1, 0.15) is 11.3 Å². The summed E-state index contributed by atoms with van der Waals surface area (Å²) in [6.45, 7) is 10.8. The number of benzene rings is 1. The van der Waals surface area contributed by atoms with E-state index in [2.05, 4.69) is 22.4 Å². The molecule has 1 aromatic heterocycles. The summed E-state index contributed by atoms with van der Waals surface area (Å²) in [4.78, 5) is 28.3. The fourth-order valence-electron chi connectivity index (χ4n) is 2.80. The maximum atomic E-state index is 12.1. The molecular weight excluding hydrogens is 352 g/mol. The first-order valence-electron chi connectivity index (χ1n) is 9.84. The first-order chi connectivity index (χ1) is 13.2. The molecule has 0 saturated heterocycles. The van der Waals surface area contributed by atoms with E-state index in [1.165, 1.54) is 25.3 Å². The number of ether oxygens (including phenoxy) is 1. The number of anilines is 1. The lowest BCUT2D eigenvalue weighted by Crippen LogP contribution is -2.27.